The molecule has 2 nitrogen and oxygen atoms in total. The first kappa shape index (κ1) is 15.9. The van der Waals surface area contributed by atoms with Crippen LogP contribution in [0.5, 0.6) is 0 Å². The third-order valence-electron chi connectivity index (χ3n) is 3.05. The molecular formula is C14H31NO. The lowest BCUT2D eigenvalue weighted by molar-refractivity contribution is 0.107. The maximum atomic E-state index is 9.76. The smallest absolute Gasteiger partial charge is 0.105 e. The van der Waals surface area contributed by atoms with Gasteiger partial charge in [0.25, 0.3) is 0 Å². The molecule has 2 N–H and O–H groups in total. The van der Waals surface area contributed by atoms with E-state index in [1.54, 1.807) is 0 Å². The molecule has 0 saturated carbocycles. The van der Waals surface area contributed by atoms with Crippen LogP contribution in [0.1, 0.15) is 78.6 Å². The lowest BCUT2D eigenvalue weighted by Gasteiger charge is -2.22. The summed E-state index contributed by atoms with van der Waals surface area (Å²) in [5, 5.41) is 13.1. The quantitative estimate of drug-likeness (QED) is 0.417. The van der Waals surface area contributed by atoms with Gasteiger partial charge in [0, 0.05) is 6.04 Å². The SMILES string of the molecule is CCCCCC(CCCC)NC(O)CCC. The van der Waals surface area contributed by atoms with Gasteiger partial charge < -0.3 is 5.11 Å². The van der Waals surface area contributed by atoms with Crippen LogP contribution in [-0.4, -0.2) is 17.4 Å². The molecule has 0 saturated heterocycles. The van der Waals surface area contributed by atoms with Gasteiger partial charge in [0.1, 0.15) is 6.23 Å². The molecule has 0 aliphatic rings. The second kappa shape index (κ2) is 11.4. The summed E-state index contributed by atoms with van der Waals surface area (Å²) in [6.07, 6.45) is 10.4. The minimum Gasteiger partial charge on any atom is -0.379 e. The number of hydrogen-bond acceptors (Lipinski definition) is 2. The molecule has 0 fully saturated rings. The van der Waals surface area contributed by atoms with Crippen molar-refractivity contribution in [2.75, 3.05) is 0 Å². The molecule has 0 radical (unpaired) electrons. The Kier molecular flexibility index (Phi) is 11.3. The molecule has 0 rings (SSSR count). The summed E-state index contributed by atoms with van der Waals surface area (Å²) in [7, 11) is 0. The third-order valence-corrected chi connectivity index (χ3v) is 3.05. The summed E-state index contributed by atoms with van der Waals surface area (Å²) in [5.41, 5.74) is 0. The van der Waals surface area contributed by atoms with E-state index in [0.717, 1.165) is 12.8 Å². The Balaban J connectivity index is 3.78. The van der Waals surface area contributed by atoms with Crippen molar-refractivity contribution >= 4 is 0 Å². The first-order valence-electron chi connectivity index (χ1n) is 7.18. The molecule has 0 aromatic heterocycles. The van der Waals surface area contributed by atoms with E-state index in [1.165, 1.54) is 44.9 Å². The molecule has 0 spiro atoms. The predicted octanol–water partition coefficient (Wildman–Crippen LogP) is 3.83. The molecule has 0 amide bonds. The van der Waals surface area contributed by atoms with Crippen LogP contribution in [0.2, 0.25) is 0 Å². The van der Waals surface area contributed by atoms with Gasteiger partial charge in [0.05, 0.1) is 0 Å². The predicted molar refractivity (Wildman–Crippen MR) is 71.5 cm³/mol. The van der Waals surface area contributed by atoms with E-state index in [2.05, 4.69) is 26.1 Å². The zero-order valence-electron chi connectivity index (χ0n) is 11.5. The van der Waals surface area contributed by atoms with Crippen molar-refractivity contribution in [1.82, 2.24) is 5.32 Å². The van der Waals surface area contributed by atoms with Crippen molar-refractivity contribution in [3.63, 3.8) is 0 Å². The van der Waals surface area contributed by atoms with Gasteiger partial charge in [-0.2, -0.15) is 0 Å². The molecular weight excluding hydrogens is 198 g/mol. The first-order chi connectivity index (χ1) is 7.74. The molecule has 0 aromatic carbocycles. The van der Waals surface area contributed by atoms with Gasteiger partial charge in [-0.1, -0.05) is 59.3 Å². The topological polar surface area (TPSA) is 32.3 Å². The van der Waals surface area contributed by atoms with Crippen LogP contribution in [0.25, 0.3) is 0 Å². The summed E-state index contributed by atoms with van der Waals surface area (Å²) < 4.78 is 0. The summed E-state index contributed by atoms with van der Waals surface area (Å²) >= 11 is 0. The summed E-state index contributed by atoms with van der Waals surface area (Å²) in [5.74, 6) is 0. The molecule has 0 aromatic rings. The largest absolute Gasteiger partial charge is 0.379 e. The molecule has 0 bridgehead atoms. The summed E-state index contributed by atoms with van der Waals surface area (Å²) in [6.45, 7) is 6.58. The normalized spacial score (nSPS) is 15.0. The maximum Gasteiger partial charge on any atom is 0.105 e. The molecule has 2 unspecified atom stereocenters. The Morgan fingerprint density at radius 1 is 0.812 bits per heavy atom. The fourth-order valence-electron chi connectivity index (χ4n) is 2.03. The Morgan fingerprint density at radius 3 is 2.00 bits per heavy atom. The highest BCUT2D eigenvalue weighted by Crippen LogP contribution is 2.11. The zero-order chi connectivity index (χ0) is 12.2. The Morgan fingerprint density at radius 2 is 1.44 bits per heavy atom. The van der Waals surface area contributed by atoms with Gasteiger partial charge in [-0.25, -0.2) is 0 Å². The van der Waals surface area contributed by atoms with Crippen molar-refractivity contribution in [3.8, 4) is 0 Å². The number of aliphatic hydroxyl groups excluding tert-OH is 1. The van der Waals surface area contributed by atoms with E-state index in [4.69, 9.17) is 0 Å². The van der Waals surface area contributed by atoms with E-state index >= 15 is 0 Å². The van der Waals surface area contributed by atoms with Gasteiger partial charge in [0.15, 0.2) is 0 Å². The van der Waals surface area contributed by atoms with Crippen molar-refractivity contribution in [2.24, 2.45) is 0 Å². The molecule has 0 aliphatic heterocycles. The highest BCUT2D eigenvalue weighted by molar-refractivity contribution is 4.68. The van der Waals surface area contributed by atoms with Gasteiger partial charge in [-0.15, -0.1) is 0 Å². The van der Waals surface area contributed by atoms with E-state index < -0.39 is 0 Å². The third kappa shape index (κ3) is 9.17. The van der Waals surface area contributed by atoms with Gasteiger partial charge in [-0.3, -0.25) is 5.32 Å². The fourth-order valence-corrected chi connectivity index (χ4v) is 2.03. The van der Waals surface area contributed by atoms with Crippen LogP contribution in [0.15, 0.2) is 0 Å². The van der Waals surface area contributed by atoms with Crippen LogP contribution in [0, 0.1) is 0 Å². The highest BCUT2D eigenvalue weighted by Gasteiger charge is 2.11. The average molecular weight is 229 g/mol. The second-order valence-electron chi connectivity index (χ2n) is 4.81. The monoisotopic (exact) mass is 229 g/mol. The Hall–Kier alpha value is -0.0800. The van der Waals surface area contributed by atoms with E-state index in [0.29, 0.717) is 6.04 Å². The molecule has 2 atom stereocenters. The van der Waals surface area contributed by atoms with Crippen LogP contribution < -0.4 is 5.32 Å². The van der Waals surface area contributed by atoms with E-state index in [-0.39, 0.29) is 6.23 Å². The average Bonchev–Trinajstić information content (AvgIpc) is 2.26. The Labute approximate surface area is 102 Å². The Bertz CT molecular complexity index is 139. The number of nitrogens with one attached hydrogen (secondary N) is 1. The second-order valence-corrected chi connectivity index (χ2v) is 4.81. The minimum atomic E-state index is -0.298. The zero-order valence-corrected chi connectivity index (χ0v) is 11.5. The van der Waals surface area contributed by atoms with Gasteiger partial charge in [-0.05, 0) is 19.3 Å². The molecule has 0 heterocycles. The molecule has 0 aliphatic carbocycles. The fraction of sp³-hybridized carbons (Fsp3) is 1.00. The van der Waals surface area contributed by atoms with Crippen molar-refractivity contribution in [2.45, 2.75) is 90.8 Å². The standard InChI is InChI=1S/C14H31NO/c1-4-7-9-12-13(11-8-5-2)15-14(16)10-6-3/h13-16H,4-12H2,1-3H3. The van der Waals surface area contributed by atoms with Crippen LogP contribution in [0.3, 0.4) is 0 Å². The maximum absolute atomic E-state index is 9.76. The van der Waals surface area contributed by atoms with Crippen molar-refractivity contribution < 1.29 is 5.11 Å². The van der Waals surface area contributed by atoms with E-state index in [1.807, 2.05) is 0 Å². The van der Waals surface area contributed by atoms with Gasteiger partial charge in [0.2, 0.25) is 0 Å². The number of hydrogen-bond donors (Lipinski definition) is 2. The number of aliphatic hydroxyl groups is 1. The minimum absolute atomic E-state index is 0.298. The summed E-state index contributed by atoms with van der Waals surface area (Å²) in [4.78, 5) is 0. The summed E-state index contributed by atoms with van der Waals surface area (Å²) in [6, 6.07) is 0.521. The molecule has 98 valence electrons. The van der Waals surface area contributed by atoms with Gasteiger partial charge >= 0.3 is 0 Å². The van der Waals surface area contributed by atoms with Crippen LogP contribution >= 0.6 is 0 Å². The number of unbranched alkanes of at least 4 members (excludes halogenated alkanes) is 3. The van der Waals surface area contributed by atoms with Crippen molar-refractivity contribution in [3.05, 3.63) is 0 Å². The lowest BCUT2D eigenvalue weighted by Crippen LogP contribution is -2.38. The highest BCUT2D eigenvalue weighted by atomic mass is 16.3. The molecule has 16 heavy (non-hydrogen) atoms. The van der Waals surface area contributed by atoms with Crippen LogP contribution in [-0.2, 0) is 0 Å². The van der Waals surface area contributed by atoms with Crippen LogP contribution in [0.4, 0.5) is 0 Å². The lowest BCUT2D eigenvalue weighted by atomic mass is 10.0. The van der Waals surface area contributed by atoms with E-state index in [9.17, 15) is 5.11 Å². The molecule has 2 heteroatoms. The van der Waals surface area contributed by atoms with Crippen molar-refractivity contribution in [1.29, 1.82) is 0 Å². The first-order valence-corrected chi connectivity index (χ1v) is 7.18. The number of rotatable bonds is 11.